The molecule has 10 heteroatoms. The Morgan fingerprint density at radius 3 is 2.42 bits per heavy atom. The Bertz CT molecular complexity index is 1080. The van der Waals surface area contributed by atoms with E-state index in [0.29, 0.717) is 35.4 Å². The first kappa shape index (κ1) is 21.0. The molecule has 1 aliphatic heterocycles. The standard InChI is InChI=1S/C21H22FN5O3S/c1-28-16-10-14(11-17(29-2)19(16)30-3)20-24-25-21-27(20)26-18(12-31-21)23-9-8-13-4-6-15(22)7-5-13/h4-7,10-11H,8-9,12H2,1-3H3,(H,23,26). The average molecular weight is 444 g/mol. The number of ether oxygens (including phenoxy) is 3. The molecule has 0 atom stereocenters. The van der Waals surface area contributed by atoms with Crippen LogP contribution < -0.4 is 19.6 Å². The van der Waals surface area contributed by atoms with Crippen LogP contribution in [0.3, 0.4) is 0 Å². The number of nitrogens with one attached hydrogen (secondary N) is 1. The average Bonchev–Trinajstić information content (AvgIpc) is 3.22. The number of fused-ring (bicyclic) bond motifs is 1. The molecule has 0 saturated heterocycles. The van der Waals surface area contributed by atoms with Crippen molar-refractivity contribution in [1.82, 2.24) is 14.9 Å². The van der Waals surface area contributed by atoms with Crippen molar-refractivity contribution in [3.8, 4) is 28.6 Å². The number of hydrogen-bond donors (Lipinski definition) is 1. The molecule has 1 aromatic heterocycles. The van der Waals surface area contributed by atoms with Crippen LogP contribution in [-0.4, -0.2) is 54.3 Å². The summed E-state index contributed by atoms with van der Waals surface area (Å²) in [6.07, 6.45) is 0.727. The Morgan fingerprint density at radius 2 is 1.77 bits per heavy atom. The van der Waals surface area contributed by atoms with E-state index in [4.69, 9.17) is 14.2 Å². The highest BCUT2D eigenvalue weighted by Crippen LogP contribution is 2.41. The molecule has 0 amide bonds. The highest BCUT2D eigenvalue weighted by Gasteiger charge is 2.23. The van der Waals surface area contributed by atoms with Crippen LogP contribution in [0.2, 0.25) is 0 Å². The summed E-state index contributed by atoms with van der Waals surface area (Å²) in [7, 11) is 4.70. The Hall–Kier alpha value is -3.27. The lowest BCUT2D eigenvalue weighted by Gasteiger charge is -2.19. The van der Waals surface area contributed by atoms with Gasteiger partial charge in [-0.25, -0.2) is 9.07 Å². The van der Waals surface area contributed by atoms with Crippen LogP contribution in [-0.2, 0) is 6.42 Å². The minimum absolute atomic E-state index is 0.236. The van der Waals surface area contributed by atoms with Crippen LogP contribution in [0.15, 0.2) is 46.5 Å². The normalized spacial score (nSPS) is 14.1. The van der Waals surface area contributed by atoms with E-state index in [9.17, 15) is 4.39 Å². The van der Waals surface area contributed by atoms with Gasteiger partial charge in [-0.15, -0.1) is 10.2 Å². The zero-order valence-corrected chi connectivity index (χ0v) is 18.2. The predicted octanol–water partition coefficient (Wildman–Crippen LogP) is 3.40. The van der Waals surface area contributed by atoms with E-state index in [-0.39, 0.29) is 5.82 Å². The lowest BCUT2D eigenvalue weighted by molar-refractivity contribution is 0.324. The largest absolute Gasteiger partial charge is 0.493 e. The van der Waals surface area contributed by atoms with Gasteiger partial charge in [0, 0.05) is 12.1 Å². The maximum atomic E-state index is 13.0. The van der Waals surface area contributed by atoms with Crippen molar-refractivity contribution in [2.45, 2.75) is 11.6 Å². The van der Waals surface area contributed by atoms with Crippen molar-refractivity contribution in [2.24, 2.45) is 4.99 Å². The number of methoxy groups -OCH3 is 3. The van der Waals surface area contributed by atoms with Crippen molar-refractivity contribution in [3.05, 3.63) is 47.8 Å². The quantitative estimate of drug-likeness (QED) is 0.599. The maximum Gasteiger partial charge on any atom is 0.211 e. The fourth-order valence-electron chi connectivity index (χ4n) is 3.21. The van der Waals surface area contributed by atoms with Crippen molar-refractivity contribution >= 4 is 17.6 Å². The molecular weight excluding hydrogens is 421 g/mol. The molecule has 1 N–H and O–H groups in total. The molecule has 3 aromatic rings. The lowest BCUT2D eigenvalue weighted by Crippen LogP contribution is -2.30. The Morgan fingerprint density at radius 1 is 1.06 bits per heavy atom. The van der Waals surface area contributed by atoms with E-state index < -0.39 is 0 Å². The predicted molar refractivity (Wildman–Crippen MR) is 118 cm³/mol. The van der Waals surface area contributed by atoms with Crippen LogP contribution >= 0.6 is 11.8 Å². The van der Waals surface area contributed by atoms with Crippen LogP contribution in [0.25, 0.3) is 11.4 Å². The van der Waals surface area contributed by atoms with E-state index in [1.165, 1.54) is 12.1 Å². The monoisotopic (exact) mass is 443 g/mol. The number of amidine groups is 1. The molecule has 0 fully saturated rings. The van der Waals surface area contributed by atoms with Gasteiger partial charge in [0.15, 0.2) is 17.3 Å². The fraction of sp³-hybridized carbons (Fsp3) is 0.286. The van der Waals surface area contributed by atoms with Gasteiger partial charge in [-0.1, -0.05) is 23.9 Å². The Balaban J connectivity index is 1.56. The van der Waals surface area contributed by atoms with Gasteiger partial charge in [0.05, 0.1) is 27.1 Å². The van der Waals surface area contributed by atoms with Gasteiger partial charge in [-0.2, -0.15) is 0 Å². The molecule has 2 heterocycles. The third kappa shape index (κ3) is 4.43. The smallest absolute Gasteiger partial charge is 0.211 e. The molecule has 4 rings (SSSR count). The maximum absolute atomic E-state index is 13.0. The molecule has 31 heavy (non-hydrogen) atoms. The second-order valence-corrected chi connectivity index (χ2v) is 7.60. The van der Waals surface area contributed by atoms with Crippen molar-refractivity contribution in [3.63, 3.8) is 0 Å². The van der Waals surface area contributed by atoms with Gasteiger partial charge in [-0.3, -0.25) is 10.4 Å². The highest BCUT2D eigenvalue weighted by atomic mass is 32.2. The summed E-state index contributed by atoms with van der Waals surface area (Å²) in [6.45, 7) is 0.589. The number of hydrogen-bond acceptors (Lipinski definition) is 7. The van der Waals surface area contributed by atoms with Crippen molar-refractivity contribution in [1.29, 1.82) is 0 Å². The van der Waals surface area contributed by atoms with Crippen LogP contribution in [0, 0.1) is 5.82 Å². The first-order chi connectivity index (χ1) is 15.1. The van der Waals surface area contributed by atoms with Crippen LogP contribution in [0.4, 0.5) is 4.39 Å². The molecule has 8 nitrogen and oxygen atoms in total. The summed E-state index contributed by atoms with van der Waals surface area (Å²) >= 11 is 1.55. The van der Waals surface area contributed by atoms with Crippen molar-refractivity contribution in [2.75, 3.05) is 39.1 Å². The number of thioether (sulfide) groups is 1. The molecule has 1 aliphatic rings. The molecule has 0 unspecified atom stereocenters. The summed E-state index contributed by atoms with van der Waals surface area (Å²) < 4.78 is 31.1. The minimum Gasteiger partial charge on any atom is -0.493 e. The molecule has 0 spiro atoms. The molecule has 0 aliphatic carbocycles. The number of benzene rings is 2. The SMILES string of the molecule is COc1cc(-c2nnc3n2NC(=NCCc2ccc(F)cc2)CS3)cc(OC)c1OC. The first-order valence-corrected chi connectivity index (χ1v) is 10.5. The van der Waals surface area contributed by atoms with Crippen molar-refractivity contribution < 1.29 is 18.6 Å². The third-order valence-corrected chi connectivity index (χ3v) is 5.69. The molecule has 2 aromatic carbocycles. The van der Waals surface area contributed by atoms with Gasteiger partial charge in [-0.05, 0) is 36.2 Å². The third-order valence-electron chi connectivity index (χ3n) is 4.75. The van der Waals surface area contributed by atoms with E-state index in [1.807, 2.05) is 12.1 Å². The summed E-state index contributed by atoms with van der Waals surface area (Å²) in [6, 6.07) is 10.1. The molecule has 162 valence electrons. The topological polar surface area (TPSA) is 82.8 Å². The summed E-state index contributed by atoms with van der Waals surface area (Å²) in [5.74, 6) is 3.42. The Kier molecular flexibility index (Phi) is 6.26. The number of rotatable bonds is 7. The minimum atomic E-state index is -0.236. The number of aliphatic imine (C=N–C) groups is 1. The van der Waals surface area contributed by atoms with Crippen LogP contribution in [0.5, 0.6) is 17.2 Å². The second-order valence-electron chi connectivity index (χ2n) is 6.66. The van der Waals surface area contributed by atoms with Gasteiger partial charge < -0.3 is 14.2 Å². The van der Waals surface area contributed by atoms with E-state index >= 15 is 0 Å². The number of halogens is 1. The van der Waals surface area contributed by atoms with Crippen LogP contribution in [0.1, 0.15) is 5.56 Å². The molecule has 0 saturated carbocycles. The fourth-order valence-corrected chi connectivity index (χ4v) is 3.99. The summed E-state index contributed by atoms with van der Waals surface area (Å²) in [5, 5.41) is 9.34. The second kappa shape index (κ2) is 9.25. The number of aromatic nitrogens is 3. The summed E-state index contributed by atoms with van der Waals surface area (Å²) in [5.41, 5.74) is 5.09. The van der Waals surface area contributed by atoms with Gasteiger partial charge in [0.2, 0.25) is 10.9 Å². The first-order valence-electron chi connectivity index (χ1n) is 9.56. The lowest BCUT2D eigenvalue weighted by atomic mass is 10.1. The van der Waals surface area contributed by atoms with E-state index in [2.05, 4.69) is 20.6 Å². The zero-order chi connectivity index (χ0) is 21.8. The number of nitrogens with zero attached hydrogens (tertiary/aromatic N) is 4. The van der Waals surface area contributed by atoms with Gasteiger partial charge in [0.1, 0.15) is 11.7 Å². The molecule has 0 radical (unpaired) electrons. The van der Waals surface area contributed by atoms with Gasteiger partial charge in [0.25, 0.3) is 0 Å². The molecular formula is C21H22FN5O3S. The van der Waals surface area contributed by atoms with E-state index in [0.717, 1.165) is 28.5 Å². The highest BCUT2D eigenvalue weighted by molar-refractivity contribution is 7.99. The van der Waals surface area contributed by atoms with Gasteiger partial charge >= 0.3 is 0 Å². The zero-order valence-electron chi connectivity index (χ0n) is 17.4. The molecule has 0 bridgehead atoms. The summed E-state index contributed by atoms with van der Waals surface area (Å²) in [4.78, 5) is 4.65. The van der Waals surface area contributed by atoms with E-state index in [1.54, 1.807) is 49.9 Å². The Labute approximate surface area is 183 Å².